The lowest BCUT2D eigenvalue weighted by Crippen LogP contribution is -2.01. The van der Waals surface area contributed by atoms with Gasteiger partial charge in [0.05, 0.1) is 0 Å². The van der Waals surface area contributed by atoms with Gasteiger partial charge in [0, 0.05) is 40.0 Å². The van der Waals surface area contributed by atoms with Crippen LogP contribution in [0.25, 0.3) is 78.7 Å². The predicted octanol–water partition coefficient (Wildman–Crippen LogP) is 10.0. The standard InChI is InChI=1S/C40H26N4O/c1-2-9-28(10-3-1)34-13-5-6-14-35(34)40-43-38(30-20-16-27(17-21-30)33-12-8-24-41-26-33)42-39(44-40)31-22-18-29(19-23-31)37-25-32-11-4-7-15-36(32)45-37/h1-26H. The van der Waals surface area contributed by atoms with Gasteiger partial charge >= 0.3 is 0 Å². The molecule has 45 heavy (non-hydrogen) atoms. The van der Waals surface area contributed by atoms with Gasteiger partial charge in [-0.05, 0) is 40.5 Å². The Kier molecular flexibility index (Phi) is 6.74. The first-order chi connectivity index (χ1) is 22.3. The molecule has 3 heterocycles. The predicted molar refractivity (Wildman–Crippen MR) is 180 cm³/mol. The molecular weight excluding hydrogens is 552 g/mol. The molecule has 0 aliphatic carbocycles. The summed E-state index contributed by atoms with van der Waals surface area (Å²) in [6.45, 7) is 0. The van der Waals surface area contributed by atoms with Crippen molar-refractivity contribution < 1.29 is 4.42 Å². The lowest BCUT2D eigenvalue weighted by molar-refractivity contribution is 0.631. The van der Waals surface area contributed by atoms with Crippen molar-refractivity contribution in [3.05, 3.63) is 158 Å². The summed E-state index contributed by atoms with van der Waals surface area (Å²) in [7, 11) is 0. The molecule has 0 N–H and O–H groups in total. The minimum atomic E-state index is 0.602. The quantitative estimate of drug-likeness (QED) is 0.196. The molecule has 0 aliphatic heterocycles. The number of aromatic nitrogens is 4. The number of nitrogens with zero attached hydrogens (tertiary/aromatic N) is 4. The van der Waals surface area contributed by atoms with Gasteiger partial charge in [0.2, 0.25) is 0 Å². The molecule has 0 amide bonds. The zero-order valence-corrected chi connectivity index (χ0v) is 24.2. The van der Waals surface area contributed by atoms with E-state index in [1.807, 2.05) is 72.9 Å². The summed E-state index contributed by atoms with van der Waals surface area (Å²) >= 11 is 0. The van der Waals surface area contributed by atoms with Crippen molar-refractivity contribution in [3.8, 4) is 67.7 Å². The second kappa shape index (κ2) is 11.5. The molecule has 5 nitrogen and oxygen atoms in total. The van der Waals surface area contributed by atoms with E-state index in [1.54, 1.807) is 6.20 Å². The van der Waals surface area contributed by atoms with Gasteiger partial charge in [0.1, 0.15) is 11.3 Å². The van der Waals surface area contributed by atoms with Crippen LogP contribution in [0.2, 0.25) is 0 Å². The zero-order chi connectivity index (χ0) is 30.0. The Bertz CT molecular complexity index is 2210. The Labute approximate surface area is 260 Å². The number of para-hydroxylation sites is 1. The van der Waals surface area contributed by atoms with Gasteiger partial charge in [-0.3, -0.25) is 4.98 Å². The second-order valence-electron chi connectivity index (χ2n) is 10.8. The molecular formula is C40H26N4O. The number of hydrogen-bond acceptors (Lipinski definition) is 5. The molecule has 0 fully saturated rings. The third kappa shape index (κ3) is 5.28. The molecule has 0 atom stereocenters. The number of benzene rings is 5. The summed E-state index contributed by atoms with van der Waals surface area (Å²) in [6.07, 6.45) is 3.64. The summed E-state index contributed by atoms with van der Waals surface area (Å²) in [5.74, 6) is 2.65. The first-order valence-corrected chi connectivity index (χ1v) is 14.8. The van der Waals surface area contributed by atoms with Crippen molar-refractivity contribution in [1.29, 1.82) is 0 Å². The average molecular weight is 579 g/mol. The molecule has 0 unspecified atom stereocenters. The first kappa shape index (κ1) is 26.4. The third-order valence-corrected chi connectivity index (χ3v) is 7.88. The molecule has 3 aromatic heterocycles. The molecule has 0 bridgehead atoms. The van der Waals surface area contributed by atoms with Gasteiger partial charge in [0.15, 0.2) is 17.5 Å². The number of pyridine rings is 1. The summed E-state index contributed by atoms with van der Waals surface area (Å²) < 4.78 is 6.11. The number of furan rings is 1. The minimum absolute atomic E-state index is 0.602. The highest BCUT2D eigenvalue weighted by Gasteiger charge is 2.16. The van der Waals surface area contributed by atoms with Crippen molar-refractivity contribution >= 4 is 11.0 Å². The molecule has 0 saturated carbocycles. The number of hydrogen-bond donors (Lipinski definition) is 0. The molecule has 8 rings (SSSR count). The van der Waals surface area contributed by atoms with Crippen LogP contribution in [0, 0.1) is 0 Å². The van der Waals surface area contributed by atoms with Crippen LogP contribution in [0.4, 0.5) is 0 Å². The van der Waals surface area contributed by atoms with Crippen molar-refractivity contribution in [2.45, 2.75) is 0 Å². The molecule has 5 aromatic carbocycles. The fraction of sp³-hybridized carbons (Fsp3) is 0. The van der Waals surface area contributed by atoms with Gasteiger partial charge in [-0.2, -0.15) is 0 Å². The summed E-state index contributed by atoms with van der Waals surface area (Å²) in [4.78, 5) is 19.3. The highest BCUT2D eigenvalue weighted by Crippen LogP contribution is 2.34. The van der Waals surface area contributed by atoms with Gasteiger partial charge in [-0.25, -0.2) is 15.0 Å². The van der Waals surface area contributed by atoms with Crippen LogP contribution >= 0.6 is 0 Å². The first-order valence-electron chi connectivity index (χ1n) is 14.8. The maximum absolute atomic E-state index is 6.11. The van der Waals surface area contributed by atoms with E-state index in [-0.39, 0.29) is 0 Å². The van der Waals surface area contributed by atoms with E-state index in [9.17, 15) is 0 Å². The number of fused-ring (bicyclic) bond motifs is 1. The molecule has 8 aromatic rings. The Balaban J connectivity index is 1.23. The molecule has 5 heteroatoms. The maximum Gasteiger partial charge on any atom is 0.164 e. The molecule has 0 spiro atoms. The lowest BCUT2D eigenvalue weighted by Gasteiger charge is -2.12. The van der Waals surface area contributed by atoms with Crippen LogP contribution in [0.1, 0.15) is 0 Å². The fourth-order valence-electron chi connectivity index (χ4n) is 5.56. The van der Waals surface area contributed by atoms with Crippen LogP contribution in [0.5, 0.6) is 0 Å². The van der Waals surface area contributed by atoms with E-state index in [0.29, 0.717) is 17.5 Å². The van der Waals surface area contributed by atoms with Crippen LogP contribution in [-0.4, -0.2) is 19.9 Å². The number of rotatable bonds is 6. The van der Waals surface area contributed by atoms with Crippen LogP contribution in [-0.2, 0) is 0 Å². The van der Waals surface area contributed by atoms with Crippen LogP contribution in [0.15, 0.2) is 162 Å². The fourth-order valence-corrected chi connectivity index (χ4v) is 5.56. The maximum atomic E-state index is 6.11. The van der Waals surface area contributed by atoms with Gasteiger partial charge in [0.25, 0.3) is 0 Å². The second-order valence-corrected chi connectivity index (χ2v) is 10.8. The van der Waals surface area contributed by atoms with Crippen LogP contribution in [0.3, 0.4) is 0 Å². The van der Waals surface area contributed by atoms with Crippen LogP contribution < -0.4 is 0 Å². The van der Waals surface area contributed by atoms with Crippen molar-refractivity contribution in [1.82, 2.24) is 19.9 Å². The normalized spacial score (nSPS) is 11.1. The van der Waals surface area contributed by atoms with Gasteiger partial charge < -0.3 is 4.42 Å². The smallest absolute Gasteiger partial charge is 0.164 e. The van der Waals surface area contributed by atoms with E-state index in [0.717, 1.165) is 61.2 Å². The topological polar surface area (TPSA) is 64.7 Å². The summed E-state index contributed by atoms with van der Waals surface area (Å²) in [5.41, 5.74) is 8.91. The third-order valence-electron chi connectivity index (χ3n) is 7.88. The Hall–Kier alpha value is -6.20. The highest BCUT2D eigenvalue weighted by molar-refractivity contribution is 5.84. The molecule has 0 aliphatic rings. The Morgan fingerprint density at radius 2 is 0.978 bits per heavy atom. The Morgan fingerprint density at radius 3 is 1.67 bits per heavy atom. The van der Waals surface area contributed by atoms with Gasteiger partial charge in [-0.15, -0.1) is 0 Å². The van der Waals surface area contributed by atoms with E-state index >= 15 is 0 Å². The summed E-state index contributed by atoms with van der Waals surface area (Å²) in [5, 5.41) is 1.08. The average Bonchev–Trinajstić information content (AvgIpc) is 3.57. The van der Waals surface area contributed by atoms with Crippen molar-refractivity contribution in [2.75, 3.05) is 0 Å². The molecule has 212 valence electrons. The van der Waals surface area contributed by atoms with E-state index in [2.05, 4.69) is 83.8 Å². The highest BCUT2D eigenvalue weighted by atomic mass is 16.3. The Morgan fingerprint density at radius 1 is 0.400 bits per heavy atom. The van der Waals surface area contributed by atoms with Crippen molar-refractivity contribution in [2.24, 2.45) is 0 Å². The lowest BCUT2D eigenvalue weighted by atomic mass is 9.99. The minimum Gasteiger partial charge on any atom is -0.456 e. The summed E-state index contributed by atoms with van der Waals surface area (Å²) in [6, 6.07) is 49.1. The van der Waals surface area contributed by atoms with Crippen molar-refractivity contribution in [3.63, 3.8) is 0 Å². The zero-order valence-electron chi connectivity index (χ0n) is 24.2. The molecule has 0 saturated heterocycles. The van der Waals surface area contributed by atoms with Gasteiger partial charge in [-0.1, -0.05) is 127 Å². The largest absolute Gasteiger partial charge is 0.456 e. The SMILES string of the molecule is c1ccc(-c2ccccc2-c2nc(-c3ccc(-c4cccnc4)cc3)nc(-c3ccc(-c4cc5ccccc5o4)cc3)n2)cc1. The van der Waals surface area contributed by atoms with E-state index in [1.165, 1.54) is 0 Å². The monoisotopic (exact) mass is 578 g/mol. The molecule has 0 radical (unpaired) electrons. The van der Waals surface area contributed by atoms with E-state index < -0.39 is 0 Å². The van der Waals surface area contributed by atoms with E-state index in [4.69, 9.17) is 19.4 Å².